The molecule has 0 fully saturated rings. The van der Waals surface area contributed by atoms with Gasteiger partial charge in [-0.1, -0.05) is 48.9 Å². The molecule has 1 atom stereocenters. The summed E-state index contributed by atoms with van der Waals surface area (Å²) in [5, 5.41) is 6.23. The van der Waals surface area contributed by atoms with Crippen molar-refractivity contribution < 1.29 is 9.59 Å². The van der Waals surface area contributed by atoms with Crippen molar-refractivity contribution in [1.29, 1.82) is 0 Å². The fourth-order valence-corrected chi connectivity index (χ4v) is 3.77. The van der Waals surface area contributed by atoms with E-state index in [-0.39, 0.29) is 17.7 Å². The van der Waals surface area contributed by atoms with E-state index in [1.807, 2.05) is 67.6 Å². The van der Waals surface area contributed by atoms with Crippen LogP contribution >= 0.6 is 11.6 Å². The van der Waals surface area contributed by atoms with Crippen molar-refractivity contribution in [3.05, 3.63) is 118 Å². The molecule has 166 valence electrons. The predicted molar refractivity (Wildman–Crippen MR) is 133 cm³/mol. The topological polar surface area (TPSA) is 74.0 Å². The number of aromatic nitrogens is 1. The molecule has 33 heavy (non-hydrogen) atoms. The van der Waals surface area contributed by atoms with Gasteiger partial charge < -0.3 is 15.6 Å². The van der Waals surface area contributed by atoms with Gasteiger partial charge in [-0.2, -0.15) is 0 Å². The van der Waals surface area contributed by atoms with E-state index in [4.69, 9.17) is 11.6 Å². The second-order valence-electron chi connectivity index (χ2n) is 7.91. The van der Waals surface area contributed by atoms with Gasteiger partial charge in [-0.05, 0) is 72.6 Å². The van der Waals surface area contributed by atoms with Gasteiger partial charge in [0.2, 0.25) is 5.78 Å². The number of H-pyrrole nitrogens is 1. The molecule has 0 aliphatic heterocycles. The second-order valence-corrected chi connectivity index (χ2v) is 8.34. The maximum absolute atomic E-state index is 12.9. The van der Waals surface area contributed by atoms with E-state index in [0.717, 1.165) is 22.5 Å². The smallest absolute Gasteiger partial charge is 0.323 e. The number of rotatable bonds is 6. The lowest BCUT2D eigenvalue weighted by molar-refractivity contribution is 0.103. The molecule has 0 saturated carbocycles. The summed E-state index contributed by atoms with van der Waals surface area (Å²) in [6, 6.07) is 25.6. The Labute approximate surface area is 197 Å². The molecule has 4 aromatic rings. The predicted octanol–water partition coefficient (Wildman–Crippen LogP) is 7.00. The highest BCUT2D eigenvalue weighted by atomic mass is 35.5. The van der Waals surface area contributed by atoms with Crippen LogP contribution < -0.4 is 10.6 Å². The minimum atomic E-state index is -0.299. The summed E-state index contributed by atoms with van der Waals surface area (Å²) >= 11 is 5.94. The van der Waals surface area contributed by atoms with Crippen molar-refractivity contribution in [3.63, 3.8) is 0 Å². The van der Waals surface area contributed by atoms with Gasteiger partial charge in [0.15, 0.2) is 0 Å². The number of nitrogens with one attached hydrogen (secondary N) is 3. The van der Waals surface area contributed by atoms with Crippen LogP contribution in [0, 0.1) is 6.92 Å². The average molecular weight is 458 g/mol. The van der Waals surface area contributed by atoms with Crippen molar-refractivity contribution in [2.45, 2.75) is 19.8 Å². The molecule has 1 aromatic heterocycles. The number of aryl methyl sites for hydroxylation is 1. The monoisotopic (exact) mass is 457 g/mol. The van der Waals surface area contributed by atoms with Gasteiger partial charge >= 0.3 is 6.03 Å². The van der Waals surface area contributed by atoms with Crippen LogP contribution in [-0.2, 0) is 0 Å². The van der Waals surface area contributed by atoms with Crippen LogP contribution in [0.4, 0.5) is 16.2 Å². The highest BCUT2D eigenvalue weighted by molar-refractivity contribution is 6.30. The quantitative estimate of drug-likeness (QED) is 0.272. The zero-order valence-electron chi connectivity index (χ0n) is 18.4. The number of carbonyl (C=O) groups is 2. The molecule has 4 rings (SSSR count). The van der Waals surface area contributed by atoms with E-state index >= 15 is 0 Å². The molecule has 1 heterocycles. The number of hydrogen-bond donors (Lipinski definition) is 3. The van der Waals surface area contributed by atoms with Crippen LogP contribution in [0.15, 0.2) is 84.9 Å². The summed E-state index contributed by atoms with van der Waals surface area (Å²) in [6.07, 6.45) is 0. The van der Waals surface area contributed by atoms with E-state index < -0.39 is 0 Å². The Bertz CT molecular complexity index is 1260. The summed E-state index contributed by atoms with van der Waals surface area (Å²) in [5.74, 6) is -0.0192. The summed E-state index contributed by atoms with van der Waals surface area (Å²) in [4.78, 5) is 28.4. The minimum absolute atomic E-state index is 0.0441. The molecule has 2 amide bonds. The number of halogens is 1. The first kappa shape index (κ1) is 22.4. The molecule has 3 aromatic carbocycles. The lowest BCUT2D eigenvalue weighted by Gasteiger charge is -2.12. The lowest BCUT2D eigenvalue weighted by atomic mass is 9.97. The molecule has 0 saturated heterocycles. The number of amides is 2. The van der Waals surface area contributed by atoms with Crippen LogP contribution in [0.1, 0.15) is 45.7 Å². The van der Waals surface area contributed by atoms with E-state index in [0.29, 0.717) is 22.0 Å². The van der Waals surface area contributed by atoms with Gasteiger partial charge in [-0.15, -0.1) is 0 Å². The Morgan fingerprint density at radius 1 is 0.848 bits per heavy atom. The Kier molecular flexibility index (Phi) is 6.61. The van der Waals surface area contributed by atoms with Crippen LogP contribution in [-0.4, -0.2) is 16.8 Å². The maximum Gasteiger partial charge on any atom is 0.323 e. The standard InChI is InChI=1S/C27H24ClN3O2/c1-17-16-24(31-25(17)26(32)20-8-12-21(28)13-9-20)18(2)19-10-14-23(15-11-19)30-27(33)29-22-6-4-3-5-7-22/h3-16,18,31H,1-2H3,(H2,29,30,33). The second kappa shape index (κ2) is 9.76. The average Bonchev–Trinajstić information content (AvgIpc) is 3.21. The lowest BCUT2D eigenvalue weighted by Crippen LogP contribution is -2.19. The van der Waals surface area contributed by atoms with Gasteiger partial charge in [0.05, 0.1) is 5.69 Å². The highest BCUT2D eigenvalue weighted by Gasteiger charge is 2.18. The van der Waals surface area contributed by atoms with Crippen molar-refractivity contribution in [1.82, 2.24) is 4.98 Å². The number of aromatic amines is 1. The number of anilines is 2. The first-order chi connectivity index (χ1) is 15.9. The summed E-state index contributed by atoms with van der Waals surface area (Å²) in [7, 11) is 0. The van der Waals surface area contributed by atoms with E-state index in [1.54, 1.807) is 24.3 Å². The highest BCUT2D eigenvalue weighted by Crippen LogP contribution is 2.27. The molecule has 0 spiro atoms. The molecule has 0 aliphatic rings. The van der Waals surface area contributed by atoms with E-state index in [9.17, 15) is 9.59 Å². The zero-order chi connectivity index (χ0) is 23.4. The van der Waals surface area contributed by atoms with Gasteiger partial charge in [-0.25, -0.2) is 4.79 Å². The summed E-state index contributed by atoms with van der Waals surface area (Å²) in [6.45, 7) is 4.00. The van der Waals surface area contributed by atoms with Gasteiger partial charge in [-0.3, -0.25) is 4.79 Å². The number of ketones is 1. The SMILES string of the molecule is Cc1cc(C(C)c2ccc(NC(=O)Nc3ccccc3)cc2)[nH]c1C(=O)c1ccc(Cl)cc1. The number of para-hydroxylation sites is 1. The molecular formula is C27H24ClN3O2. The zero-order valence-corrected chi connectivity index (χ0v) is 19.1. The van der Waals surface area contributed by atoms with Crippen LogP contribution in [0.2, 0.25) is 5.02 Å². The molecule has 6 heteroatoms. The van der Waals surface area contributed by atoms with E-state index in [2.05, 4.69) is 22.5 Å². The fourth-order valence-electron chi connectivity index (χ4n) is 3.65. The van der Waals surface area contributed by atoms with Crippen molar-refractivity contribution >= 4 is 34.8 Å². The Morgan fingerprint density at radius 3 is 2.09 bits per heavy atom. The number of urea groups is 1. The Morgan fingerprint density at radius 2 is 1.45 bits per heavy atom. The number of benzene rings is 3. The van der Waals surface area contributed by atoms with Crippen molar-refractivity contribution in [2.24, 2.45) is 0 Å². The minimum Gasteiger partial charge on any atom is -0.355 e. The first-order valence-electron chi connectivity index (χ1n) is 10.6. The summed E-state index contributed by atoms with van der Waals surface area (Å²) < 4.78 is 0. The largest absolute Gasteiger partial charge is 0.355 e. The van der Waals surface area contributed by atoms with Crippen LogP contribution in [0.3, 0.4) is 0 Å². The molecule has 0 radical (unpaired) electrons. The molecule has 5 nitrogen and oxygen atoms in total. The first-order valence-corrected chi connectivity index (χ1v) is 11.0. The third-order valence-corrected chi connectivity index (χ3v) is 5.79. The summed E-state index contributed by atoms with van der Waals surface area (Å²) in [5.41, 5.74) is 5.51. The van der Waals surface area contributed by atoms with Gasteiger partial charge in [0.1, 0.15) is 0 Å². The number of carbonyl (C=O) groups excluding carboxylic acids is 2. The molecule has 1 unspecified atom stereocenters. The molecule has 0 bridgehead atoms. The third-order valence-electron chi connectivity index (χ3n) is 5.54. The van der Waals surface area contributed by atoms with Crippen molar-refractivity contribution in [2.75, 3.05) is 10.6 Å². The Balaban J connectivity index is 1.44. The van der Waals surface area contributed by atoms with Gasteiger partial charge in [0.25, 0.3) is 0 Å². The Hall–Kier alpha value is -3.83. The van der Waals surface area contributed by atoms with Crippen LogP contribution in [0.5, 0.6) is 0 Å². The van der Waals surface area contributed by atoms with Crippen molar-refractivity contribution in [3.8, 4) is 0 Å². The molecular weight excluding hydrogens is 434 g/mol. The fraction of sp³-hybridized carbons (Fsp3) is 0.111. The molecule has 0 aliphatic carbocycles. The normalized spacial score (nSPS) is 11.6. The number of hydrogen-bond acceptors (Lipinski definition) is 2. The van der Waals surface area contributed by atoms with E-state index in [1.165, 1.54) is 0 Å². The van der Waals surface area contributed by atoms with Gasteiger partial charge in [0, 0.05) is 33.6 Å². The van der Waals surface area contributed by atoms with Crippen LogP contribution in [0.25, 0.3) is 0 Å². The molecule has 3 N–H and O–H groups in total. The maximum atomic E-state index is 12.9. The third kappa shape index (κ3) is 5.33.